The molecule has 8 nitrogen and oxygen atoms in total. The van der Waals surface area contributed by atoms with E-state index >= 15 is 0 Å². The van der Waals surface area contributed by atoms with Gasteiger partial charge in [-0.25, -0.2) is 4.68 Å². The standard InChI is InChI=1S/C22H20N4O4/c1-14-13-20(27)21(24-25(14)18-11-4-5-12-19(18)26(29)30)22(28)23-17-10-6-8-15-7-2-3-9-16(15)17/h2-5,7,9,11-13,17H,6,8,10H2,1H3,(H,23,28)/t17-/m0/s1. The fraction of sp³-hybridized carbons (Fsp3) is 0.227. The molecule has 152 valence electrons. The van der Waals surface area contributed by atoms with Crippen molar-refractivity contribution in [3.8, 4) is 5.69 Å². The summed E-state index contributed by atoms with van der Waals surface area (Å²) < 4.78 is 1.27. The molecule has 1 amide bonds. The summed E-state index contributed by atoms with van der Waals surface area (Å²) in [5, 5.41) is 18.5. The predicted molar refractivity (Wildman–Crippen MR) is 111 cm³/mol. The minimum Gasteiger partial charge on any atom is -0.344 e. The maximum atomic E-state index is 12.9. The molecular weight excluding hydrogens is 384 g/mol. The van der Waals surface area contributed by atoms with Gasteiger partial charge in [-0.2, -0.15) is 5.10 Å². The molecular formula is C22H20N4O4. The average Bonchev–Trinajstić information content (AvgIpc) is 2.74. The summed E-state index contributed by atoms with van der Waals surface area (Å²) >= 11 is 0. The normalized spacial score (nSPS) is 15.3. The van der Waals surface area contributed by atoms with Gasteiger partial charge in [0.05, 0.1) is 11.0 Å². The van der Waals surface area contributed by atoms with E-state index in [1.807, 2.05) is 24.3 Å². The first-order valence-corrected chi connectivity index (χ1v) is 9.69. The maximum Gasteiger partial charge on any atom is 0.294 e. The molecule has 0 unspecified atom stereocenters. The van der Waals surface area contributed by atoms with Crippen LogP contribution >= 0.6 is 0 Å². The first kappa shape index (κ1) is 19.5. The number of carbonyl (C=O) groups excluding carboxylic acids is 1. The van der Waals surface area contributed by atoms with Gasteiger partial charge in [0.25, 0.3) is 11.6 Å². The Hall–Kier alpha value is -3.81. The number of rotatable bonds is 4. The van der Waals surface area contributed by atoms with Crippen LogP contribution in [-0.4, -0.2) is 20.6 Å². The van der Waals surface area contributed by atoms with Crippen molar-refractivity contribution in [2.24, 2.45) is 0 Å². The second-order valence-electron chi connectivity index (χ2n) is 7.27. The van der Waals surface area contributed by atoms with Gasteiger partial charge in [-0.1, -0.05) is 36.4 Å². The first-order chi connectivity index (χ1) is 14.5. The highest BCUT2D eigenvalue weighted by Gasteiger charge is 2.25. The minimum atomic E-state index is -0.589. The molecule has 0 bridgehead atoms. The van der Waals surface area contributed by atoms with E-state index in [1.165, 1.54) is 28.4 Å². The number of carbonyl (C=O) groups is 1. The van der Waals surface area contributed by atoms with E-state index in [0.29, 0.717) is 5.69 Å². The van der Waals surface area contributed by atoms with Crippen LogP contribution in [0.1, 0.15) is 46.2 Å². The quantitative estimate of drug-likeness (QED) is 0.531. The Morgan fingerprint density at radius 2 is 1.93 bits per heavy atom. The molecule has 30 heavy (non-hydrogen) atoms. The van der Waals surface area contributed by atoms with Crippen LogP contribution in [-0.2, 0) is 6.42 Å². The van der Waals surface area contributed by atoms with E-state index < -0.39 is 16.3 Å². The van der Waals surface area contributed by atoms with Gasteiger partial charge in [-0.3, -0.25) is 19.7 Å². The Labute approximate surface area is 172 Å². The lowest BCUT2D eigenvalue weighted by atomic mass is 9.87. The van der Waals surface area contributed by atoms with Crippen molar-refractivity contribution in [3.05, 3.63) is 97.4 Å². The van der Waals surface area contributed by atoms with Crippen molar-refractivity contribution >= 4 is 11.6 Å². The Morgan fingerprint density at radius 3 is 2.73 bits per heavy atom. The van der Waals surface area contributed by atoms with Crippen molar-refractivity contribution in [1.82, 2.24) is 15.1 Å². The van der Waals surface area contributed by atoms with Crippen molar-refractivity contribution in [2.45, 2.75) is 32.2 Å². The number of para-hydroxylation sites is 2. The molecule has 1 N–H and O–H groups in total. The summed E-state index contributed by atoms with van der Waals surface area (Å²) in [7, 11) is 0. The Kier molecular flexibility index (Phi) is 5.14. The number of hydrogen-bond donors (Lipinski definition) is 1. The molecule has 1 heterocycles. The summed E-state index contributed by atoms with van der Waals surface area (Å²) in [6.45, 7) is 1.62. The highest BCUT2D eigenvalue weighted by atomic mass is 16.6. The number of nitrogens with one attached hydrogen (secondary N) is 1. The number of hydrogen-bond acceptors (Lipinski definition) is 5. The monoisotopic (exact) mass is 404 g/mol. The number of nitro groups is 1. The van der Waals surface area contributed by atoms with Crippen molar-refractivity contribution < 1.29 is 9.72 Å². The molecule has 1 aromatic heterocycles. The van der Waals surface area contributed by atoms with Gasteiger partial charge in [0.15, 0.2) is 5.69 Å². The van der Waals surface area contributed by atoms with Gasteiger partial charge in [0.2, 0.25) is 5.43 Å². The summed E-state index contributed by atoms with van der Waals surface area (Å²) in [5.74, 6) is -0.589. The van der Waals surface area contributed by atoms with E-state index in [2.05, 4.69) is 10.4 Å². The molecule has 3 aromatic rings. The number of fused-ring (bicyclic) bond motifs is 1. The molecule has 8 heteroatoms. The molecule has 2 aromatic carbocycles. The summed E-state index contributed by atoms with van der Waals surface area (Å²) in [6.07, 6.45) is 2.66. The fourth-order valence-corrected chi connectivity index (χ4v) is 3.88. The van der Waals surface area contributed by atoms with Crippen LogP contribution in [0.15, 0.2) is 59.4 Å². The number of aromatic nitrogens is 2. The third-order valence-electron chi connectivity index (χ3n) is 5.30. The number of benzene rings is 2. The molecule has 0 aliphatic heterocycles. The number of nitro benzene ring substituents is 1. The van der Waals surface area contributed by atoms with Gasteiger partial charge in [0, 0.05) is 17.8 Å². The van der Waals surface area contributed by atoms with Crippen LogP contribution in [0.2, 0.25) is 0 Å². The van der Waals surface area contributed by atoms with Gasteiger partial charge < -0.3 is 5.32 Å². The van der Waals surface area contributed by atoms with Crippen molar-refractivity contribution in [1.29, 1.82) is 0 Å². The molecule has 1 aliphatic carbocycles. The zero-order valence-corrected chi connectivity index (χ0v) is 16.4. The molecule has 0 saturated heterocycles. The fourth-order valence-electron chi connectivity index (χ4n) is 3.88. The number of amides is 1. The lowest BCUT2D eigenvalue weighted by molar-refractivity contribution is -0.384. The van der Waals surface area contributed by atoms with E-state index in [-0.39, 0.29) is 23.1 Å². The summed E-state index contributed by atoms with van der Waals surface area (Å²) in [5.41, 5.74) is 1.84. The average molecular weight is 404 g/mol. The van der Waals surface area contributed by atoms with Gasteiger partial charge in [-0.05, 0) is 43.4 Å². The summed E-state index contributed by atoms with van der Waals surface area (Å²) in [6, 6.07) is 15.1. The first-order valence-electron chi connectivity index (χ1n) is 9.69. The van der Waals surface area contributed by atoms with E-state index in [9.17, 15) is 19.7 Å². The maximum absolute atomic E-state index is 12.9. The molecule has 0 spiro atoms. The second-order valence-corrected chi connectivity index (χ2v) is 7.27. The number of aryl methyl sites for hydroxylation is 2. The van der Waals surface area contributed by atoms with Crippen molar-refractivity contribution in [2.75, 3.05) is 0 Å². The Bertz CT molecular complexity index is 1200. The van der Waals surface area contributed by atoms with Gasteiger partial charge in [-0.15, -0.1) is 0 Å². The molecule has 0 saturated carbocycles. The topological polar surface area (TPSA) is 107 Å². The highest BCUT2D eigenvalue weighted by Crippen LogP contribution is 2.29. The predicted octanol–water partition coefficient (Wildman–Crippen LogP) is 3.26. The molecule has 0 radical (unpaired) electrons. The zero-order chi connectivity index (χ0) is 21.3. The minimum absolute atomic E-state index is 0.163. The molecule has 0 fully saturated rings. The van der Waals surface area contributed by atoms with Crippen LogP contribution < -0.4 is 10.7 Å². The lowest BCUT2D eigenvalue weighted by Gasteiger charge is -2.26. The SMILES string of the molecule is Cc1cc(=O)c(C(=O)N[C@H]2CCCc3ccccc32)nn1-c1ccccc1[N+](=O)[O-]. The molecule has 1 atom stereocenters. The Morgan fingerprint density at radius 1 is 1.20 bits per heavy atom. The smallest absolute Gasteiger partial charge is 0.294 e. The van der Waals surface area contributed by atoms with E-state index in [4.69, 9.17) is 0 Å². The molecule has 1 aliphatic rings. The zero-order valence-electron chi connectivity index (χ0n) is 16.4. The second kappa shape index (κ2) is 7.90. The van der Waals surface area contributed by atoms with Gasteiger partial charge in [0.1, 0.15) is 5.69 Å². The third kappa shape index (κ3) is 3.59. The Balaban J connectivity index is 1.71. The largest absolute Gasteiger partial charge is 0.344 e. The lowest BCUT2D eigenvalue weighted by Crippen LogP contribution is -2.35. The summed E-state index contributed by atoms with van der Waals surface area (Å²) in [4.78, 5) is 36.3. The van der Waals surface area contributed by atoms with Gasteiger partial charge >= 0.3 is 0 Å². The van der Waals surface area contributed by atoms with Crippen LogP contribution in [0.25, 0.3) is 5.69 Å². The van der Waals surface area contributed by atoms with Crippen LogP contribution in [0.4, 0.5) is 5.69 Å². The third-order valence-corrected chi connectivity index (χ3v) is 5.30. The number of nitrogens with zero attached hydrogens (tertiary/aromatic N) is 3. The van der Waals surface area contributed by atoms with Crippen LogP contribution in [0.5, 0.6) is 0 Å². The highest BCUT2D eigenvalue weighted by molar-refractivity contribution is 5.92. The van der Waals surface area contributed by atoms with Crippen LogP contribution in [0.3, 0.4) is 0 Å². The van der Waals surface area contributed by atoms with Crippen LogP contribution in [0, 0.1) is 17.0 Å². The van der Waals surface area contributed by atoms with E-state index in [0.717, 1.165) is 24.8 Å². The molecule has 4 rings (SSSR count). The van der Waals surface area contributed by atoms with E-state index in [1.54, 1.807) is 19.1 Å². The van der Waals surface area contributed by atoms with Crippen molar-refractivity contribution in [3.63, 3.8) is 0 Å².